The fourth-order valence-electron chi connectivity index (χ4n) is 2.72. The molecule has 2 atom stereocenters. The molecule has 1 saturated carbocycles. The van der Waals surface area contributed by atoms with E-state index in [1.54, 1.807) is 12.1 Å². The summed E-state index contributed by atoms with van der Waals surface area (Å²) in [6.45, 7) is 0.438. The molecule has 2 aromatic rings. The zero-order valence-electron chi connectivity index (χ0n) is 13.8. The second-order valence-corrected chi connectivity index (χ2v) is 6.64. The molecule has 0 radical (unpaired) electrons. The molecular weight excluding hydrogens is 362 g/mol. The molecule has 7 heteroatoms. The first-order chi connectivity index (χ1) is 12.5. The number of carbonyl (C=O) groups is 2. The van der Waals surface area contributed by atoms with E-state index in [4.69, 9.17) is 11.6 Å². The van der Waals surface area contributed by atoms with Gasteiger partial charge in [0.2, 0.25) is 11.8 Å². The van der Waals surface area contributed by atoms with E-state index in [-0.39, 0.29) is 5.91 Å². The zero-order chi connectivity index (χ0) is 18.7. The summed E-state index contributed by atoms with van der Waals surface area (Å²) in [6, 6.07) is 10.7. The lowest BCUT2D eigenvalue weighted by Crippen LogP contribution is -2.29. The Morgan fingerprint density at radius 2 is 1.62 bits per heavy atom. The summed E-state index contributed by atoms with van der Waals surface area (Å²) in [6.07, 6.45) is 1.02. The highest BCUT2D eigenvalue weighted by Crippen LogP contribution is 2.39. The first-order valence-electron chi connectivity index (χ1n) is 8.22. The molecule has 0 spiro atoms. The Morgan fingerprint density at radius 1 is 1.00 bits per heavy atom. The van der Waals surface area contributed by atoms with E-state index in [0.717, 1.165) is 17.7 Å². The highest BCUT2D eigenvalue weighted by Gasteiger charge is 2.48. The molecule has 136 valence electrons. The summed E-state index contributed by atoms with van der Waals surface area (Å²) in [5, 5.41) is 5.66. The molecule has 1 aliphatic rings. The Morgan fingerprint density at radius 3 is 2.27 bits per heavy atom. The largest absolute Gasteiger partial charge is 0.356 e. The molecular formula is C19H17ClF2N2O2. The van der Waals surface area contributed by atoms with Crippen molar-refractivity contribution in [2.75, 3.05) is 11.9 Å². The average molecular weight is 379 g/mol. The van der Waals surface area contributed by atoms with Crippen molar-refractivity contribution in [1.29, 1.82) is 0 Å². The molecule has 3 rings (SSSR count). The van der Waals surface area contributed by atoms with Crippen LogP contribution in [0.15, 0.2) is 42.5 Å². The van der Waals surface area contributed by atoms with E-state index in [1.165, 1.54) is 6.07 Å². The van der Waals surface area contributed by atoms with Gasteiger partial charge in [-0.1, -0.05) is 29.8 Å². The number of hydrogen-bond donors (Lipinski definition) is 2. The number of benzene rings is 2. The summed E-state index contributed by atoms with van der Waals surface area (Å²) in [4.78, 5) is 24.2. The van der Waals surface area contributed by atoms with Crippen molar-refractivity contribution in [2.24, 2.45) is 11.8 Å². The number of anilines is 1. The minimum Gasteiger partial charge on any atom is -0.356 e. The van der Waals surface area contributed by atoms with Crippen LogP contribution in [0.25, 0.3) is 0 Å². The van der Waals surface area contributed by atoms with Crippen molar-refractivity contribution >= 4 is 29.1 Å². The maximum atomic E-state index is 13.6. The fourth-order valence-corrected chi connectivity index (χ4v) is 2.85. The average Bonchev–Trinajstić information content (AvgIpc) is 3.41. The van der Waals surface area contributed by atoms with Crippen LogP contribution in [0.1, 0.15) is 12.0 Å². The van der Waals surface area contributed by atoms with Gasteiger partial charge in [-0.05, 0) is 42.7 Å². The van der Waals surface area contributed by atoms with Gasteiger partial charge in [0.15, 0.2) is 0 Å². The number of halogens is 3. The van der Waals surface area contributed by atoms with Crippen molar-refractivity contribution in [3.8, 4) is 0 Å². The van der Waals surface area contributed by atoms with Crippen LogP contribution >= 0.6 is 11.6 Å². The molecule has 2 unspecified atom stereocenters. The summed E-state index contributed by atoms with van der Waals surface area (Å²) < 4.78 is 27.1. The van der Waals surface area contributed by atoms with Gasteiger partial charge in [-0.25, -0.2) is 8.78 Å². The van der Waals surface area contributed by atoms with Crippen LogP contribution in [-0.4, -0.2) is 18.4 Å². The van der Waals surface area contributed by atoms with Crippen molar-refractivity contribution in [3.63, 3.8) is 0 Å². The normalized spacial score (nSPS) is 18.3. The minimum atomic E-state index is -0.844. The Labute approximate surface area is 154 Å². The SMILES string of the molecule is O=C(NCCc1ccc(Cl)cc1)C1CC1C(=O)Nc1c(F)cccc1F. The smallest absolute Gasteiger partial charge is 0.228 e. The van der Waals surface area contributed by atoms with Crippen LogP contribution in [0.3, 0.4) is 0 Å². The lowest BCUT2D eigenvalue weighted by atomic mass is 10.1. The monoisotopic (exact) mass is 378 g/mol. The number of hydrogen-bond acceptors (Lipinski definition) is 2. The molecule has 1 aliphatic carbocycles. The van der Waals surface area contributed by atoms with Gasteiger partial charge in [-0.15, -0.1) is 0 Å². The molecule has 0 aromatic heterocycles. The number of rotatable bonds is 6. The van der Waals surface area contributed by atoms with Crippen LogP contribution in [0.2, 0.25) is 5.02 Å². The summed E-state index contributed by atoms with van der Waals surface area (Å²) >= 11 is 5.81. The van der Waals surface area contributed by atoms with Gasteiger partial charge in [0.1, 0.15) is 17.3 Å². The van der Waals surface area contributed by atoms with E-state index in [9.17, 15) is 18.4 Å². The van der Waals surface area contributed by atoms with Crippen molar-refractivity contribution < 1.29 is 18.4 Å². The molecule has 0 heterocycles. The summed E-state index contributed by atoms with van der Waals surface area (Å²) in [7, 11) is 0. The Hall–Kier alpha value is -2.47. The standard InChI is InChI=1S/C19H17ClF2N2O2/c20-12-6-4-11(5-7-12)8-9-23-18(25)13-10-14(13)19(26)24-17-15(21)2-1-3-16(17)22/h1-7,13-14H,8-10H2,(H,23,25)(H,24,26). The third kappa shape index (κ3) is 4.38. The molecule has 26 heavy (non-hydrogen) atoms. The van der Waals surface area contributed by atoms with E-state index in [2.05, 4.69) is 10.6 Å². The van der Waals surface area contributed by atoms with Crippen LogP contribution < -0.4 is 10.6 Å². The van der Waals surface area contributed by atoms with Gasteiger partial charge >= 0.3 is 0 Å². The second-order valence-electron chi connectivity index (χ2n) is 6.20. The Balaban J connectivity index is 1.46. The number of nitrogens with one attached hydrogen (secondary N) is 2. The molecule has 2 amide bonds. The lowest BCUT2D eigenvalue weighted by molar-refractivity contribution is -0.125. The molecule has 0 aliphatic heterocycles. The van der Waals surface area contributed by atoms with Crippen molar-refractivity contribution in [1.82, 2.24) is 5.32 Å². The Bertz CT molecular complexity index is 807. The molecule has 4 nitrogen and oxygen atoms in total. The first-order valence-corrected chi connectivity index (χ1v) is 8.60. The zero-order valence-corrected chi connectivity index (χ0v) is 14.5. The van der Waals surface area contributed by atoms with E-state index < -0.39 is 35.1 Å². The van der Waals surface area contributed by atoms with Crippen LogP contribution in [-0.2, 0) is 16.0 Å². The topological polar surface area (TPSA) is 58.2 Å². The highest BCUT2D eigenvalue weighted by molar-refractivity contribution is 6.30. The minimum absolute atomic E-state index is 0.229. The van der Waals surface area contributed by atoms with Crippen LogP contribution in [0, 0.1) is 23.5 Å². The van der Waals surface area contributed by atoms with Crippen molar-refractivity contribution in [3.05, 3.63) is 64.7 Å². The van der Waals surface area contributed by atoms with E-state index in [1.807, 2.05) is 12.1 Å². The lowest BCUT2D eigenvalue weighted by Gasteiger charge is -2.08. The van der Waals surface area contributed by atoms with E-state index in [0.29, 0.717) is 24.4 Å². The van der Waals surface area contributed by atoms with Gasteiger partial charge in [-0.2, -0.15) is 0 Å². The van der Waals surface area contributed by atoms with Crippen LogP contribution in [0.5, 0.6) is 0 Å². The number of carbonyl (C=O) groups excluding carboxylic acids is 2. The molecule has 2 N–H and O–H groups in total. The van der Waals surface area contributed by atoms with Crippen LogP contribution in [0.4, 0.5) is 14.5 Å². The maximum Gasteiger partial charge on any atom is 0.228 e. The predicted octanol–water partition coefficient (Wildman–Crippen LogP) is 3.55. The molecule has 0 bridgehead atoms. The van der Waals surface area contributed by atoms with E-state index >= 15 is 0 Å². The molecule has 0 saturated heterocycles. The second kappa shape index (κ2) is 7.83. The van der Waals surface area contributed by atoms with Gasteiger partial charge < -0.3 is 10.6 Å². The van der Waals surface area contributed by atoms with Gasteiger partial charge in [0, 0.05) is 11.6 Å². The third-order valence-electron chi connectivity index (χ3n) is 4.30. The molecule has 2 aromatic carbocycles. The van der Waals surface area contributed by atoms with Gasteiger partial charge in [-0.3, -0.25) is 9.59 Å². The first kappa shape index (κ1) is 18.3. The summed E-state index contributed by atoms with van der Waals surface area (Å²) in [5.74, 6) is -3.49. The maximum absolute atomic E-state index is 13.6. The number of amides is 2. The van der Waals surface area contributed by atoms with Crippen molar-refractivity contribution in [2.45, 2.75) is 12.8 Å². The molecule has 1 fully saturated rings. The quantitative estimate of drug-likeness (QED) is 0.807. The number of para-hydroxylation sites is 1. The highest BCUT2D eigenvalue weighted by atomic mass is 35.5. The fraction of sp³-hybridized carbons (Fsp3) is 0.263. The predicted molar refractivity (Wildman–Crippen MR) is 94.8 cm³/mol. The van der Waals surface area contributed by atoms with Gasteiger partial charge in [0.05, 0.1) is 11.8 Å². The Kier molecular flexibility index (Phi) is 5.52. The summed E-state index contributed by atoms with van der Waals surface area (Å²) in [5.41, 5.74) is 0.557. The van der Waals surface area contributed by atoms with Gasteiger partial charge in [0.25, 0.3) is 0 Å². The third-order valence-corrected chi connectivity index (χ3v) is 4.55.